The zero-order valence-electron chi connectivity index (χ0n) is 19.1. The van der Waals surface area contributed by atoms with Crippen molar-refractivity contribution in [2.24, 2.45) is 17.0 Å². The Morgan fingerprint density at radius 2 is 1.66 bits per heavy atom. The lowest BCUT2D eigenvalue weighted by molar-refractivity contribution is -0.209. The Morgan fingerprint density at radius 3 is 2.10 bits per heavy atom. The second kappa shape index (κ2) is 13.1. The molecule has 1 amide bonds. The zero-order chi connectivity index (χ0) is 22.6. The third-order valence-corrected chi connectivity index (χ3v) is 4.27. The van der Waals surface area contributed by atoms with Crippen LogP contribution in [-0.4, -0.2) is 47.5 Å². The van der Waals surface area contributed by atoms with Gasteiger partial charge in [-0.3, -0.25) is 9.63 Å². The molecule has 0 radical (unpaired) electrons. The van der Waals surface area contributed by atoms with E-state index >= 15 is 0 Å². The summed E-state index contributed by atoms with van der Waals surface area (Å²) in [6, 6.07) is -0.930. The van der Waals surface area contributed by atoms with Gasteiger partial charge >= 0.3 is 5.97 Å². The van der Waals surface area contributed by atoms with E-state index in [0.717, 1.165) is 5.06 Å². The van der Waals surface area contributed by atoms with E-state index in [4.69, 9.17) is 14.4 Å². The highest BCUT2D eigenvalue weighted by Crippen LogP contribution is 2.22. The SMILES string of the molecule is C=CCO/N=C(/C(=O)N(OCC=C)[C@H](C(=O)OC(C)(C)C)[C@@H](C)CC)C(C)CC. The maximum absolute atomic E-state index is 13.4. The summed E-state index contributed by atoms with van der Waals surface area (Å²) in [5.41, 5.74) is -0.522. The fourth-order valence-corrected chi connectivity index (χ4v) is 2.35. The molecule has 0 saturated heterocycles. The molecule has 0 aliphatic heterocycles. The Bertz CT molecular complexity index is 580. The molecule has 0 heterocycles. The first-order valence-electron chi connectivity index (χ1n) is 10.1. The van der Waals surface area contributed by atoms with Gasteiger partial charge in [-0.15, -0.1) is 6.58 Å². The van der Waals surface area contributed by atoms with Crippen molar-refractivity contribution in [3.8, 4) is 0 Å². The second-order valence-electron chi connectivity index (χ2n) is 7.95. The largest absolute Gasteiger partial charge is 0.458 e. The van der Waals surface area contributed by atoms with Crippen molar-refractivity contribution in [1.29, 1.82) is 0 Å². The molecular weight excluding hydrogens is 372 g/mol. The van der Waals surface area contributed by atoms with Gasteiger partial charge in [-0.2, -0.15) is 0 Å². The molecule has 0 aliphatic carbocycles. The highest BCUT2D eigenvalue weighted by atomic mass is 16.7. The molecule has 0 saturated carbocycles. The van der Waals surface area contributed by atoms with Crippen LogP contribution in [-0.2, 0) is 24.0 Å². The number of carbonyl (C=O) groups is 2. The molecule has 0 aromatic carbocycles. The molecule has 0 aromatic heterocycles. The smallest absolute Gasteiger partial charge is 0.332 e. The van der Waals surface area contributed by atoms with Crippen LogP contribution in [0.25, 0.3) is 0 Å². The van der Waals surface area contributed by atoms with Gasteiger partial charge in [0.1, 0.15) is 17.9 Å². The monoisotopic (exact) mass is 410 g/mol. The van der Waals surface area contributed by atoms with Crippen LogP contribution >= 0.6 is 0 Å². The first-order valence-corrected chi connectivity index (χ1v) is 10.1. The second-order valence-corrected chi connectivity index (χ2v) is 7.95. The van der Waals surface area contributed by atoms with Crippen molar-refractivity contribution in [2.45, 2.75) is 73.0 Å². The standard InChI is InChI=1S/C22H38N2O5/c1-10-14-27-23-18(16(5)12-3)20(25)24(28-15-11-2)19(17(6)13-4)21(26)29-22(7,8)9/h10-11,16-17,19H,1-2,12-15H2,3-9H3/b23-18+/t16?,17-,19-/m0/s1. The number of rotatable bonds is 13. The van der Waals surface area contributed by atoms with Crippen LogP contribution in [0.2, 0.25) is 0 Å². The third kappa shape index (κ3) is 9.26. The lowest BCUT2D eigenvalue weighted by Crippen LogP contribution is -2.53. The number of ether oxygens (including phenoxy) is 1. The highest BCUT2D eigenvalue weighted by molar-refractivity contribution is 6.39. The first kappa shape index (κ1) is 26.9. The fraction of sp³-hybridized carbons (Fsp3) is 0.682. The number of nitrogens with zero attached hydrogens (tertiary/aromatic N) is 2. The summed E-state index contributed by atoms with van der Waals surface area (Å²) in [5.74, 6) is -1.45. The van der Waals surface area contributed by atoms with Gasteiger partial charge in [-0.05, 0) is 33.1 Å². The molecule has 7 heteroatoms. The van der Waals surface area contributed by atoms with Crippen LogP contribution in [0.15, 0.2) is 30.5 Å². The summed E-state index contributed by atoms with van der Waals surface area (Å²) in [7, 11) is 0. The Hall–Kier alpha value is -2.15. The fourth-order valence-electron chi connectivity index (χ4n) is 2.35. The molecule has 0 bridgehead atoms. The lowest BCUT2D eigenvalue weighted by atomic mass is 9.96. The molecule has 0 aromatic rings. The van der Waals surface area contributed by atoms with E-state index in [9.17, 15) is 9.59 Å². The van der Waals surface area contributed by atoms with Crippen LogP contribution in [0.4, 0.5) is 0 Å². The Morgan fingerprint density at radius 1 is 1.07 bits per heavy atom. The van der Waals surface area contributed by atoms with Crippen LogP contribution in [0, 0.1) is 11.8 Å². The average molecular weight is 411 g/mol. The van der Waals surface area contributed by atoms with E-state index in [-0.39, 0.29) is 30.8 Å². The summed E-state index contributed by atoms with van der Waals surface area (Å²) >= 11 is 0. The van der Waals surface area contributed by atoms with Gasteiger partial charge in [-0.25, -0.2) is 9.86 Å². The molecule has 0 N–H and O–H groups in total. The normalized spacial score (nSPS) is 15.1. The predicted octanol–water partition coefficient (Wildman–Crippen LogP) is 4.29. The van der Waals surface area contributed by atoms with Gasteiger partial charge in [-0.1, -0.05) is 58.0 Å². The number of hydrogen-bond donors (Lipinski definition) is 0. The van der Waals surface area contributed by atoms with E-state index in [1.54, 1.807) is 20.8 Å². The maximum atomic E-state index is 13.4. The maximum Gasteiger partial charge on any atom is 0.332 e. The minimum absolute atomic E-state index is 0.0583. The van der Waals surface area contributed by atoms with E-state index in [1.165, 1.54) is 12.2 Å². The van der Waals surface area contributed by atoms with E-state index in [0.29, 0.717) is 12.8 Å². The van der Waals surface area contributed by atoms with Crippen LogP contribution in [0.3, 0.4) is 0 Å². The first-order chi connectivity index (χ1) is 13.5. The Labute approximate surface area is 175 Å². The Kier molecular flexibility index (Phi) is 12.2. The molecule has 0 aliphatic rings. The van der Waals surface area contributed by atoms with E-state index in [1.807, 2.05) is 27.7 Å². The molecule has 0 rings (SSSR count). The summed E-state index contributed by atoms with van der Waals surface area (Å²) in [6.07, 6.45) is 4.36. The van der Waals surface area contributed by atoms with E-state index < -0.39 is 23.5 Å². The molecule has 0 spiro atoms. The van der Waals surface area contributed by atoms with Crippen molar-refractivity contribution in [1.82, 2.24) is 5.06 Å². The van der Waals surface area contributed by atoms with Crippen molar-refractivity contribution in [3.63, 3.8) is 0 Å². The molecule has 29 heavy (non-hydrogen) atoms. The Balaban J connectivity index is 6.12. The average Bonchev–Trinajstić information content (AvgIpc) is 2.65. The van der Waals surface area contributed by atoms with Crippen molar-refractivity contribution in [2.75, 3.05) is 13.2 Å². The summed E-state index contributed by atoms with van der Waals surface area (Å²) in [5, 5.41) is 5.09. The van der Waals surface area contributed by atoms with Crippen molar-refractivity contribution < 1.29 is 24.0 Å². The molecule has 3 atom stereocenters. The van der Waals surface area contributed by atoms with Gasteiger partial charge in [0.15, 0.2) is 6.04 Å². The van der Waals surface area contributed by atoms with Gasteiger partial charge in [0.2, 0.25) is 0 Å². The van der Waals surface area contributed by atoms with Gasteiger partial charge in [0.25, 0.3) is 5.91 Å². The quantitative estimate of drug-likeness (QED) is 0.149. The van der Waals surface area contributed by atoms with Gasteiger partial charge in [0, 0.05) is 5.92 Å². The van der Waals surface area contributed by atoms with Gasteiger partial charge in [0.05, 0.1) is 6.61 Å². The predicted molar refractivity (Wildman–Crippen MR) is 115 cm³/mol. The molecule has 1 unspecified atom stereocenters. The molecule has 0 fully saturated rings. The minimum Gasteiger partial charge on any atom is -0.458 e. The molecule has 166 valence electrons. The van der Waals surface area contributed by atoms with Gasteiger partial charge < -0.3 is 9.57 Å². The topological polar surface area (TPSA) is 77.4 Å². The number of amides is 1. The number of oxime groups is 1. The van der Waals surface area contributed by atoms with Crippen LogP contribution in [0.1, 0.15) is 61.3 Å². The zero-order valence-corrected chi connectivity index (χ0v) is 19.1. The molecule has 7 nitrogen and oxygen atoms in total. The summed E-state index contributed by atoms with van der Waals surface area (Å²) in [4.78, 5) is 37.2. The highest BCUT2D eigenvalue weighted by Gasteiger charge is 2.40. The summed E-state index contributed by atoms with van der Waals surface area (Å²) in [6.45, 7) is 20.4. The number of hydrogen-bond acceptors (Lipinski definition) is 6. The lowest BCUT2D eigenvalue weighted by Gasteiger charge is -2.34. The van der Waals surface area contributed by atoms with Crippen LogP contribution < -0.4 is 0 Å². The third-order valence-electron chi connectivity index (χ3n) is 4.27. The number of hydroxylamine groups is 2. The minimum atomic E-state index is -0.930. The van der Waals surface area contributed by atoms with Crippen molar-refractivity contribution in [3.05, 3.63) is 25.3 Å². The van der Waals surface area contributed by atoms with E-state index in [2.05, 4.69) is 18.3 Å². The number of carbonyl (C=O) groups excluding carboxylic acids is 2. The number of esters is 1. The van der Waals surface area contributed by atoms with Crippen LogP contribution in [0.5, 0.6) is 0 Å². The van der Waals surface area contributed by atoms with Crippen molar-refractivity contribution >= 4 is 17.6 Å². The molecular formula is C22H38N2O5. The summed E-state index contributed by atoms with van der Waals surface area (Å²) < 4.78 is 5.58.